The zero-order valence-electron chi connectivity index (χ0n) is 69.6. The summed E-state index contributed by atoms with van der Waals surface area (Å²) in [7, 11) is 0. The number of halogens is 8. The number of carbonyl (C=O) groups is 4. The van der Waals surface area contributed by atoms with Crippen molar-refractivity contribution in [2.75, 3.05) is 21.3 Å². The normalized spacial score (nSPS) is 13.9. The SMILES string of the molecule is O=C(Nc1ccccc1F)c1ccc(-c2c(-c3ccc(F)cc3)ncn2C2CC2)o1.O=C(Nc1ccccc1F)c1ccc(-c2c(-c3ccc(F)cc3)ncn2CC2CCCC2)o1.O=C(Nc1ccccc1F)c1ccc(-c2c(-c3ccc(F)cc3)ncn2CC2CCCC2)o1.O=C(Nc1ccccc1F)c1ccc(-c2c(-c3ccc(F)cc3)ncn2CC2CCCC2)o1. The van der Waals surface area contributed by atoms with E-state index in [2.05, 4.69) is 41.2 Å². The fourth-order valence-corrected chi connectivity index (χ4v) is 16.6. The van der Waals surface area contributed by atoms with E-state index in [1.807, 2.05) is 18.3 Å². The summed E-state index contributed by atoms with van der Waals surface area (Å²) in [5.41, 5.74) is 8.89. The van der Waals surface area contributed by atoms with Crippen LogP contribution in [0.4, 0.5) is 57.9 Å². The lowest BCUT2D eigenvalue weighted by Gasteiger charge is -2.13. The van der Waals surface area contributed by atoms with Gasteiger partial charge in [0.05, 0.1) is 70.8 Å². The minimum atomic E-state index is -0.549. The van der Waals surface area contributed by atoms with E-state index in [0.717, 1.165) is 116 Å². The lowest BCUT2D eigenvalue weighted by Crippen LogP contribution is -2.12. The number of rotatable bonds is 23. The fourth-order valence-electron chi connectivity index (χ4n) is 16.6. The van der Waals surface area contributed by atoms with Crippen LogP contribution in [-0.4, -0.2) is 61.8 Å². The van der Waals surface area contributed by atoms with Gasteiger partial charge in [0, 0.05) is 47.9 Å². The van der Waals surface area contributed by atoms with Crippen LogP contribution in [0.3, 0.4) is 0 Å². The van der Waals surface area contributed by atoms with Gasteiger partial charge in [-0.2, -0.15) is 0 Å². The van der Waals surface area contributed by atoms with E-state index in [9.17, 15) is 54.3 Å². The highest BCUT2D eigenvalue weighted by Crippen LogP contribution is 2.45. The molecule has 8 aromatic carbocycles. The number of benzene rings is 8. The Balaban J connectivity index is 0.000000121. The van der Waals surface area contributed by atoms with Crippen molar-refractivity contribution in [1.82, 2.24) is 38.2 Å². The number of hydrogen-bond acceptors (Lipinski definition) is 12. The van der Waals surface area contributed by atoms with Crippen molar-refractivity contribution in [3.05, 3.63) is 338 Å². The smallest absolute Gasteiger partial charge is 0.291 e. The molecule has 0 saturated heterocycles. The first-order chi connectivity index (χ1) is 62.8. The second kappa shape index (κ2) is 39.3. The van der Waals surface area contributed by atoms with Crippen molar-refractivity contribution < 1.29 is 72.0 Å². The molecule has 129 heavy (non-hydrogen) atoms. The predicted octanol–water partition coefficient (Wildman–Crippen LogP) is 25.3. The predicted molar refractivity (Wildman–Crippen MR) is 473 cm³/mol. The van der Waals surface area contributed by atoms with E-state index in [0.29, 0.717) is 69.6 Å². The Hall–Kier alpha value is -15.0. The molecule has 28 heteroatoms. The molecule has 4 fully saturated rings. The summed E-state index contributed by atoms with van der Waals surface area (Å²) in [5, 5.41) is 10.1. The molecule has 0 atom stereocenters. The Morgan fingerprint density at radius 2 is 0.512 bits per heavy atom. The zero-order chi connectivity index (χ0) is 89.0. The number of para-hydroxylation sites is 4. The van der Waals surface area contributed by atoms with Gasteiger partial charge in [0.2, 0.25) is 0 Å². The molecule has 0 unspecified atom stereocenters. The maximum atomic E-state index is 13.9. The van der Waals surface area contributed by atoms with Crippen LogP contribution in [0.1, 0.15) is 138 Å². The number of hydrogen-bond donors (Lipinski definition) is 4. The largest absolute Gasteiger partial charge is 0.449 e. The van der Waals surface area contributed by atoms with Crippen molar-refractivity contribution in [3.63, 3.8) is 0 Å². The molecule has 4 N–H and O–H groups in total. The molecular formula is C101H86F8N12O8. The van der Waals surface area contributed by atoms with Gasteiger partial charge in [-0.25, -0.2) is 55.1 Å². The second-order valence-corrected chi connectivity index (χ2v) is 32.2. The molecule has 4 saturated carbocycles. The number of aromatic nitrogens is 8. The lowest BCUT2D eigenvalue weighted by molar-refractivity contribution is 0.0989. The molecule has 20 rings (SSSR count). The third-order valence-corrected chi connectivity index (χ3v) is 23.2. The van der Waals surface area contributed by atoms with Gasteiger partial charge in [-0.05, 0) is 263 Å². The number of amides is 4. The van der Waals surface area contributed by atoms with E-state index in [4.69, 9.17) is 17.7 Å². The van der Waals surface area contributed by atoms with E-state index >= 15 is 0 Å². The van der Waals surface area contributed by atoms with Gasteiger partial charge in [-0.1, -0.05) is 87.1 Å². The third-order valence-electron chi connectivity index (χ3n) is 23.2. The van der Waals surface area contributed by atoms with Crippen molar-refractivity contribution in [3.8, 4) is 90.8 Å². The summed E-state index contributed by atoms with van der Waals surface area (Å²) in [6.07, 6.45) is 23.5. The minimum absolute atomic E-state index is 0.0573. The maximum Gasteiger partial charge on any atom is 0.291 e. The Morgan fingerprint density at radius 1 is 0.279 bits per heavy atom. The number of nitrogens with one attached hydrogen (secondary N) is 4. The Labute approximate surface area is 735 Å². The van der Waals surface area contributed by atoms with Gasteiger partial charge in [-0.15, -0.1) is 0 Å². The Kier molecular flexibility index (Phi) is 26.2. The average Bonchev–Trinajstić information content (AvgIpc) is 1.11. The Bertz CT molecular complexity index is 6150. The average molecular weight is 1750 g/mol. The summed E-state index contributed by atoms with van der Waals surface area (Å²) in [5.74, 6) is -1.77. The molecule has 4 aliphatic carbocycles. The summed E-state index contributed by atoms with van der Waals surface area (Å²) >= 11 is 0. The van der Waals surface area contributed by atoms with Gasteiger partial charge < -0.3 is 57.2 Å². The van der Waals surface area contributed by atoms with Gasteiger partial charge in [0.25, 0.3) is 23.6 Å². The first-order valence-corrected chi connectivity index (χ1v) is 42.8. The first-order valence-electron chi connectivity index (χ1n) is 42.8. The number of anilines is 4. The summed E-state index contributed by atoms with van der Waals surface area (Å²) < 4.78 is 141. The number of furan rings is 4. The van der Waals surface area contributed by atoms with Crippen LogP contribution in [-0.2, 0) is 19.6 Å². The molecule has 4 amide bonds. The highest BCUT2D eigenvalue weighted by atomic mass is 19.2. The molecular weight excluding hydrogens is 1660 g/mol. The molecule has 8 heterocycles. The minimum Gasteiger partial charge on any atom is -0.449 e. The highest BCUT2D eigenvalue weighted by molar-refractivity contribution is 6.05. The van der Waals surface area contributed by atoms with Gasteiger partial charge in [-0.3, -0.25) is 19.2 Å². The van der Waals surface area contributed by atoms with Crippen LogP contribution in [0.15, 0.2) is 286 Å². The molecule has 0 bridgehead atoms. The maximum absolute atomic E-state index is 13.9. The van der Waals surface area contributed by atoms with E-state index in [-0.39, 0.29) is 69.1 Å². The quantitative estimate of drug-likeness (QED) is 0.0437. The van der Waals surface area contributed by atoms with Gasteiger partial charge in [0.15, 0.2) is 46.1 Å². The highest BCUT2D eigenvalue weighted by Gasteiger charge is 2.33. The van der Waals surface area contributed by atoms with Crippen LogP contribution in [0.25, 0.3) is 90.8 Å². The molecule has 654 valence electrons. The van der Waals surface area contributed by atoms with Crippen LogP contribution in [0, 0.1) is 64.3 Å². The summed E-state index contributed by atoms with van der Waals surface area (Å²) in [6.45, 7) is 2.38. The monoisotopic (exact) mass is 1750 g/mol. The summed E-state index contributed by atoms with van der Waals surface area (Å²) in [4.78, 5) is 68.9. The third kappa shape index (κ3) is 20.5. The lowest BCUT2D eigenvalue weighted by atomic mass is 10.1. The number of imidazole rings is 4. The van der Waals surface area contributed by atoms with Crippen molar-refractivity contribution in [2.45, 2.75) is 116 Å². The molecule has 0 aliphatic heterocycles. The molecule has 16 aromatic rings. The molecule has 4 aliphatic rings. The van der Waals surface area contributed by atoms with Crippen LogP contribution < -0.4 is 21.3 Å². The van der Waals surface area contributed by atoms with Crippen LogP contribution in [0.5, 0.6) is 0 Å². The fraction of sp³-hybridized carbons (Fsp3) is 0.208. The summed E-state index contributed by atoms with van der Waals surface area (Å²) in [6, 6.07) is 61.7. The van der Waals surface area contributed by atoms with Crippen molar-refractivity contribution in [2.24, 2.45) is 17.8 Å². The van der Waals surface area contributed by atoms with Crippen LogP contribution in [0.2, 0.25) is 0 Å². The van der Waals surface area contributed by atoms with Gasteiger partial charge >= 0.3 is 0 Å². The number of carbonyl (C=O) groups excluding carboxylic acids is 4. The second-order valence-electron chi connectivity index (χ2n) is 32.2. The van der Waals surface area contributed by atoms with E-state index in [1.165, 1.54) is 136 Å². The molecule has 20 nitrogen and oxygen atoms in total. The standard InChI is InChI=1S/3C26H23F2N3O2.C23H17F2N3O2/c3*27-19-11-9-18(10-12-19)24-25(31(16-29-24)15-17-5-1-2-6-17)22-13-14-23(33-22)26(32)30-21-8-4-3-7-20(21)28;24-15-7-5-14(6-8-15)21-22(28(13-26-21)16-9-10-16)19-11-12-20(30-19)23(29)27-18-4-2-1-3-17(18)25/h3*3-4,7-14,16-17H,1-2,5-6,15H2,(H,30,32);1-8,11-13,16H,9-10H2,(H,27,29). The van der Waals surface area contributed by atoms with Crippen molar-refractivity contribution in [1.29, 1.82) is 0 Å². The van der Waals surface area contributed by atoms with Gasteiger partial charge in [0.1, 0.15) is 69.3 Å². The first kappa shape index (κ1) is 86.2. The van der Waals surface area contributed by atoms with Crippen molar-refractivity contribution >= 4 is 46.4 Å². The topological polar surface area (TPSA) is 240 Å². The molecule has 0 radical (unpaired) electrons. The zero-order valence-corrected chi connectivity index (χ0v) is 69.6. The Morgan fingerprint density at radius 3 is 0.760 bits per heavy atom. The van der Waals surface area contributed by atoms with E-state index in [1.54, 1.807) is 171 Å². The van der Waals surface area contributed by atoms with E-state index < -0.39 is 46.9 Å². The van der Waals surface area contributed by atoms with Crippen LogP contribution >= 0.6 is 0 Å². The number of nitrogens with zero attached hydrogens (tertiary/aromatic N) is 8. The molecule has 8 aromatic heterocycles. The molecule has 0 spiro atoms.